The molecule has 0 unspecified atom stereocenters. The first-order valence-corrected chi connectivity index (χ1v) is 9.72. The van der Waals surface area contributed by atoms with E-state index in [1.165, 1.54) is 0 Å². The highest BCUT2D eigenvalue weighted by Gasteiger charge is 2.10. The molecule has 0 saturated carbocycles. The number of hydrogen-bond acceptors (Lipinski definition) is 5. The van der Waals surface area contributed by atoms with Gasteiger partial charge in [0, 0.05) is 9.26 Å². The summed E-state index contributed by atoms with van der Waals surface area (Å²) in [6, 6.07) is 11.4. The maximum atomic E-state index is 11.9. The number of benzene rings is 2. The monoisotopic (exact) mass is 531 g/mol. The Morgan fingerprint density at radius 1 is 1.31 bits per heavy atom. The predicted molar refractivity (Wildman–Crippen MR) is 115 cm³/mol. The molecule has 0 aromatic heterocycles. The first-order valence-electron chi connectivity index (χ1n) is 7.85. The molecule has 2 aromatic carbocycles. The van der Waals surface area contributed by atoms with Gasteiger partial charge in [0.15, 0.2) is 11.5 Å². The second-order valence-corrected chi connectivity index (χ2v) is 7.22. The normalized spacial score (nSPS) is 10.6. The van der Waals surface area contributed by atoms with E-state index in [1.807, 2.05) is 37.3 Å². The van der Waals surface area contributed by atoms with Crippen LogP contribution in [0.3, 0.4) is 0 Å². The molecular formula is C18H19BrIN3O3. The average molecular weight is 532 g/mol. The van der Waals surface area contributed by atoms with Crippen molar-refractivity contribution in [2.75, 3.05) is 25.6 Å². The van der Waals surface area contributed by atoms with Crippen LogP contribution in [0.4, 0.5) is 5.69 Å². The van der Waals surface area contributed by atoms with E-state index < -0.39 is 0 Å². The number of methoxy groups -OCH3 is 1. The molecule has 26 heavy (non-hydrogen) atoms. The van der Waals surface area contributed by atoms with E-state index >= 15 is 0 Å². The Hall–Kier alpha value is -1.81. The summed E-state index contributed by atoms with van der Waals surface area (Å²) in [6.07, 6.45) is 1.55. The zero-order valence-electron chi connectivity index (χ0n) is 14.4. The van der Waals surface area contributed by atoms with Crippen molar-refractivity contribution in [3.8, 4) is 11.5 Å². The van der Waals surface area contributed by atoms with Crippen molar-refractivity contribution in [2.24, 2.45) is 5.10 Å². The van der Waals surface area contributed by atoms with E-state index in [9.17, 15) is 4.79 Å². The molecule has 0 aliphatic heterocycles. The number of hydrogen-bond donors (Lipinski definition) is 2. The van der Waals surface area contributed by atoms with Crippen LogP contribution >= 0.6 is 38.5 Å². The SMILES string of the molecule is CCOc1cc(/C=N\NC(=O)CNc2ccc(I)cc2)cc(Br)c1OC. The number of ether oxygens (including phenoxy) is 2. The van der Waals surface area contributed by atoms with Gasteiger partial charge in [-0.15, -0.1) is 0 Å². The van der Waals surface area contributed by atoms with Crippen LogP contribution < -0.4 is 20.2 Å². The van der Waals surface area contributed by atoms with Crippen LogP contribution in [0.25, 0.3) is 0 Å². The fraction of sp³-hybridized carbons (Fsp3) is 0.222. The Bertz CT molecular complexity index is 782. The van der Waals surface area contributed by atoms with E-state index in [4.69, 9.17) is 9.47 Å². The van der Waals surface area contributed by atoms with Gasteiger partial charge < -0.3 is 14.8 Å². The molecule has 6 nitrogen and oxygen atoms in total. The summed E-state index contributed by atoms with van der Waals surface area (Å²) in [5.41, 5.74) is 4.14. The molecule has 138 valence electrons. The highest BCUT2D eigenvalue weighted by Crippen LogP contribution is 2.36. The number of nitrogens with one attached hydrogen (secondary N) is 2. The summed E-state index contributed by atoms with van der Waals surface area (Å²) in [4.78, 5) is 11.9. The van der Waals surface area contributed by atoms with E-state index in [0.717, 1.165) is 19.3 Å². The van der Waals surface area contributed by atoms with Crippen molar-refractivity contribution < 1.29 is 14.3 Å². The minimum atomic E-state index is -0.239. The molecule has 0 radical (unpaired) electrons. The van der Waals surface area contributed by atoms with Crippen LogP contribution in [0, 0.1) is 3.57 Å². The number of anilines is 1. The number of carbonyl (C=O) groups is 1. The summed E-state index contributed by atoms with van der Waals surface area (Å²) >= 11 is 5.67. The number of carbonyl (C=O) groups excluding carboxylic acids is 1. The summed E-state index contributed by atoms with van der Waals surface area (Å²) in [5, 5.41) is 7.02. The lowest BCUT2D eigenvalue weighted by Gasteiger charge is -2.11. The van der Waals surface area contributed by atoms with E-state index in [0.29, 0.717) is 18.1 Å². The van der Waals surface area contributed by atoms with Crippen molar-refractivity contribution in [1.29, 1.82) is 0 Å². The molecule has 1 amide bonds. The van der Waals surface area contributed by atoms with Crippen LogP contribution in [0.15, 0.2) is 46.0 Å². The molecule has 2 N–H and O–H groups in total. The maximum Gasteiger partial charge on any atom is 0.259 e. The van der Waals surface area contributed by atoms with Gasteiger partial charge >= 0.3 is 0 Å². The number of amides is 1. The number of nitrogens with zero attached hydrogens (tertiary/aromatic N) is 1. The summed E-state index contributed by atoms with van der Waals surface area (Å²) in [6.45, 7) is 2.55. The van der Waals surface area contributed by atoms with Crippen molar-refractivity contribution in [3.05, 3.63) is 50.0 Å². The Morgan fingerprint density at radius 2 is 2.04 bits per heavy atom. The third-order valence-corrected chi connectivity index (χ3v) is 4.54. The molecule has 0 bridgehead atoms. The molecule has 0 aliphatic carbocycles. The number of hydrazone groups is 1. The standard InChI is InChI=1S/C18H19BrIN3O3/c1-3-26-16-9-12(8-15(19)18(16)25-2)10-22-23-17(24)11-21-14-6-4-13(20)5-7-14/h4-10,21H,3,11H2,1-2H3,(H,23,24)/b22-10-. The third-order valence-electron chi connectivity index (χ3n) is 3.24. The quantitative estimate of drug-likeness (QED) is 0.306. The Balaban J connectivity index is 1.92. The largest absolute Gasteiger partial charge is 0.492 e. The van der Waals surface area contributed by atoms with Crippen LogP contribution in [-0.2, 0) is 4.79 Å². The van der Waals surface area contributed by atoms with Gasteiger partial charge in [-0.3, -0.25) is 4.79 Å². The smallest absolute Gasteiger partial charge is 0.259 e. The summed E-state index contributed by atoms with van der Waals surface area (Å²) < 4.78 is 12.8. The van der Waals surface area contributed by atoms with Gasteiger partial charge in [-0.05, 0) is 87.4 Å². The molecule has 0 fully saturated rings. The molecule has 2 aromatic rings. The first-order chi connectivity index (χ1) is 12.5. The fourth-order valence-corrected chi connectivity index (χ4v) is 3.07. The average Bonchev–Trinajstić information content (AvgIpc) is 2.61. The van der Waals surface area contributed by atoms with Gasteiger partial charge in [-0.1, -0.05) is 0 Å². The predicted octanol–water partition coefficient (Wildman–Crippen LogP) is 4.02. The summed E-state index contributed by atoms with van der Waals surface area (Å²) in [7, 11) is 1.58. The molecule has 0 saturated heterocycles. The summed E-state index contributed by atoms with van der Waals surface area (Å²) in [5.74, 6) is 0.990. The Kier molecular flexibility index (Phi) is 8.17. The van der Waals surface area contributed by atoms with Gasteiger partial charge in [0.05, 0.1) is 30.9 Å². The Morgan fingerprint density at radius 3 is 2.69 bits per heavy atom. The van der Waals surface area contributed by atoms with Crippen LogP contribution in [0.5, 0.6) is 11.5 Å². The number of rotatable bonds is 8. The minimum Gasteiger partial charge on any atom is -0.492 e. The van der Waals surface area contributed by atoms with Crippen molar-refractivity contribution >= 4 is 56.3 Å². The molecule has 0 aliphatic rings. The Labute approximate surface area is 174 Å². The highest BCUT2D eigenvalue weighted by atomic mass is 127. The number of halogens is 2. The molecule has 0 atom stereocenters. The topological polar surface area (TPSA) is 72.0 Å². The van der Waals surface area contributed by atoms with Crippen molar-refractivity contribution in [3.63, 3.8) is 0 Å². The molecular weight excluding hydrogens is 513 g/mol. The molecule has 0 heterocycles. The van der Waals surface area contributed by atoms with E-state index in [2.05, 4.69) is 54.4 Å². The second-order valence-electron chi connectivity index (χ2n) is 5.12. The minimum absolute atomic E-state index is 0.133. The van der Waals surface area contributed by atoms with Gasteiger partial charge in [0.25, 0.3) is 5.91 Å². The lowest BCUT2D eigenvalue weighted by atomic mass is 10.2. The van der Waals surface area contributed by atoms with E-state index in [-0.39, 0.29) is 12.5 Å². The van der Waals surface area contributed by atoms with Crippen LogP contribution in [-0.4, -0.2) is 32.4 Å². The van der Waals surface area contributed by atoms with Crippen molar-refractivity contribution in [1.82, 2.24) is 5.43 Å². The van der Waals surface area contributed by atoms with Gasteiger partial charge in [-0.2, -0.15) is 5.10 Å². The van der Waals surface area contributed by atoms with Crippen LogP contribution in [0.1, 0.15) is 12.5 Å². The zero-order chi connectivity index (χ0) is 18.9. The van der Waals surface area contributed by atoms with Crippen LogP contribution in [0.2, 0.25) is 0 Å². The highest BCUT2D eigenvalue weighted by molar-refractivity contribution is 14.1. The lowest BCUT2D eigenvalue weighted by Crippen LogP contribution is -2.25. The third kappa shape index (κ3) is 6.17. The fourth-order valence-electron chi connectivity index (χ4n) is 2.09. The lowest BCUT2D eigenvalue weighted by molar-refractivity contribution is -0.119. The first kappa shape index (κ1) is 20.5. The van der Waals surface area contributed by atoms with Gasteiger partial charge in [0.1, 0.15) is 0 Å². The van der Waals surface area contributed by atoms with Gasteiger partial charge in [-0.25, -0.2) is 5.43 Å². The van der Waals surface area contributed by atoms with Crippen molar-refractivity contribution in [2.45, 2.75) is 6.92 Å². The molecule has 0 spiro atoms. The molecule has 8 heteroatoms. The van der Waals surface area contributed by atoms with E-state index in [1.54, 1.807) is 19.4 Å². The second kappa shape index (κ2) is 10.4. The maximum absolute atomic E-state index is 11.9. The van der Waals surface area contributed by atoms with Gasteiger partial charge in [0.2, 0.25) is 0 Å². The zero-order valence-corrected chi connectivity index (χ0v) is 18.1. The molecule has 2 rings (SSSR count).